The molecule has 5 heteroatoms. The Hall–Kier alpha value is -1.88. The van der Waals surface area contributed by atoms with Crippen LogP contribution in [0.4, 0.5) is 0 Å². The van der Waals surface area contributed by atoms with E-state index in [0.717, 1.165) is 44.0 Å². The van der Waals surface area contributed by atoms with Crippen LogP contribution in [0.3, 0.4) is 0 Å². The molecular formula is C22H26N2O2S. The van der Waals surface area contributed by atoms with E-state index >= 15 is 0 Å². The number of ketones is 1. The number of fused-ring (bicyclic) bond motifs is 1. The molecule has 1 saturated carbocycles. The summed E-state index contributed by atoms with van der Waals surface area (Å²) in [4.78, 5) is 30.3. The van der Waals surface area contributed by atoms with Crippen molar-refractivity contribution < 1.29 is 4.79 Å². The molecule has 1 unspecified atom stereocenters. The maximum absolute atomic E-state index is 13.2. The lowest BCUT2D eigenvalue weighted by Crippen LogP contribution is -2.27. The zero-order valence-electron chi connectivity index (χ0n) is 15.7. The summed E-state index contributed by atoms with van der Waals surface area (Å²) in [6.45, 7) is 0.645. The summed E-state index contributed by atoms with van der Waals surface area (Å²) < 4.78 is 1.81. The van der Waals surface area contributed by atoms with Gasteiger partial charge in [0.1, 0.15) is 5.78 Å². The van der Waals surface area contributed by atoms with E-state index < -0.39 is 0 Å². The van der Waals surface area contributed by atoms with Gasteiger partial charge in [0.25, 0.3) is 5.56 Å². The summed E-state index contributed by atoms with van der Waals surface area (Å²) in [7, 11) is 0. The highest BCUT2D eigenvalue weighted by atomic mass is 32.2. The summed E-state index contributed by atoms with van der Waals surface area (Å²) in [5.74, 6) is 0.301. The molecule has 1 aromatic carbocycles. The van der Waals surface area contributed by atoms with Crippen LogP contribution >= 0.6 is 11.8 Å². The van der Waals surface area contributed by atoms with E-state index in [0.29, 0.717) is 29.3 Å². The van der Waals surface area contributed by atoms with Crippen LogP contribution in [0.15, 0.2) is 45.9 Å². The molecule has 1 fully saturated rings. The number of thioether (sulfide) groups is 1. The number of aromatic nitrogens is 2. The van der Waals surface area contributed by atoms with Crippen LogP contribution in [-0.2, 0) is 11.3 Å². The van der Waals surface area contributed by atoms with Gasteiger partial charge < -0.3 is 0 Å². The number of nitrogens with zero attached hydrogens (tertiary/aromatic N) is 2. The number of Topliss-reactive ketones (excluding diaryl/α,β-unsaturated/α-hetero) is 1. The standard InChI is InChI=1S/C22H26N2O2S/c25-19-12-6-7-13-20(19)27-22-23-18-11-5-4-10-17(18)21(26)24(22)15-14-16-8-2-1-3-9-16/h4-5,8,10-11,20H,1-3,6-7,9,12-15H2. The molecule has 0 amide bonds. The van der Waals surface area contributed by atoms with Gasteiger partial charge in [0.2, 0.25) is 0 Å². The van der Waals surface area contributed by atoms with E-state index in [1.807, 2.05) is 28.8 Å². The van der Waals surface area contributed by atoms with E-state index in [1.54, 1.807) is 0 Å². The Morgan fingerprint density at radius 2 is 1.93 bits per heavy atom. The highest BCUT2D eigenvalue weighted by Gasteiger charge is 2.25. The molecule has 1 atom stereocenters. The number of carbonyl (C=O) groups excluding carboxylic acids is 1. The van der Waals surface area contributed by atoms with E-state index in [2.05, 4.69) is 6.08 Å². The molecule has 1 heterocycles. The van der Waals surface area contributed by atoms with Gasteiger partial charge in [-0.05, 0) is 57.1 Å². The van der Waals surface area contributed by atoms with Crippen LogP contribution in [-0.4, -0.2) is 20.6 Å². The van der Waals surface area contributed by atoms with Gasteiger partial charge >= 0.3 is 0 Å². The second-order valence-corrected chi connectivity index (χ2v) is 8.71. The molecule has 0 spiro atoms. The highest BCUT2D eigenvalue weighted by molar-refractivity contribution is 8.00. The van der Waals surface area contributed by atoms with Crippen LogP contribution < -0.4 is 5.56 Å². The van der Waals surface area contributed by atoms with E-state index in [-0.39, 0.29) is 10.8 Å². The number of para-hydroxylation sites is 1. The smallest absolute Gasteiger partial charge is 0.262 e. The maximum Gasteiger partial charge on any atom is 0.262 e. The first-order valence-corrected chi connectivity index (χ1v) is 11.0. The number of hydrogen-bond donors (Lipinski definition) is 0. The Kier molecular flexibility index (Phi) is 5.77. The van der Waals surface area contributed by atoms with Gasteiger partial charge in [-0.2, -0.15) is 0 Å². The predicted octanol–water partition coefficient (Wildman–Crippen LogP) is 4.89. The lowest BCUT2D eigenvalue weighted by Gasteiger charge is -2.22. The van der Waals surface area contributed by atoms with Gasteiger partial charge in [0.05, 0.1) is 16.2 Å². The Morgan fingerprint density at radius 1 is 1.07 bits per heavy atom. The van der Waals surface area contributed by atoms with E-state index in [1.165, 1.54) is 30.2 Å². The average Bonchev–Trinajstić information content (AvgIpc) is 2.70. The summed E-state index contributed by atoms with van der Waals surface area (Å²) in [5, 5.41) is 1.30. The quantitative estimate of drug-likeness (QED) is 0.546. The predicted molar refractivity (Wildman–Crippen MR) is 110 cm³/mol. The first-order valence-electron chi connectivity index (χ1n) is 10.1. The fourth-order valence-corrected chi connectivity index (χ4v) is 5.27. The fourth-order valence-electron chi connectivity index (χ4n) is 4.02. The fraction of sp³-hybridized carbons (Fsp3) is 0.500. The SMILES string of the molecule is O=C1CCCCC1Sc1nc2ccccc2c(=O)n1CCC1=CCCCC1. The average molecular weight is 383 g/mol. The normalized spacial score (nSPS) is 20.7. The number of hydrogen-bond acceptors (Lipinski definition) is 4. The first kappa shape index (κ1) is 18.5. The van der Waals surface area contributed by atoms with Crippen LogP contribution in [0.2, 0.25) is 0 Å². The Labute approximate surface area is 164 Å². The minimum absolute atomic E-state index is 0.0165. The lowest BCUT2D eigenvalue weighted by atomic mass is 9.97. The molecule has 2 aliphatic carbocycles. The van der Waals surface area contributed by atoms with Gasteiger partial charge in [-0.3, -0.25) is 14.2 Å². The van der Waals surface area contributed by atoms with Crippen molar-refractivity contribution in [2.75, 3.05) is 0 Å². The summed E-state index contributed by atoms with van der Waals surface area (Å²) in [6.07, 6.45) is 11.6. The van der Waals surface area contributed by atoms with Gasteiger partial charge in [0, 0.05) is 13.0 Å². The molecule has 0 radical (unpaired) electrons. The zero-order chi connectivity index (χ0) is 18.6. The van der Waals surface area contributed by atoms with Crippen molar-refractivity contribution in [1.29, 1.82) is 0 Å². The second-order valence-electron chi connectivity index (χ2n) is 7.55. The van der Waals surface area contributed by atoms with Crippen LogP contribution in [0.25, 0.3) is 10.9 Å². The van der Waals surface area contributed by atoms with Gasteiger partial charge in [0.15, 0.2) is 5.16 Å². The van der Waals surface area contributed by atoms with Gasteiger partial charge in [-0.15, -0.1) is 0 Å². The third-order valence-corrected chi connectivity index (χ3v) is 6.92. The third-order valence-electron chi connectivity index (χ3n) is 5.61. The van der Waals surface area contributed by atoms with Gasteiger partial charge in [-0.1, -0.05) is 42.0 Å². The van der Waals surface area contributed by atoms with Crippen molar-refractivity contribution in [3.05, 3.63) is 46.3 Å². The third kappa shape index (κ3) is 4.18. The molecule has 0 aliphatic heterocycles. The Morgan fingerprint density at radius 3 is 2.74 bits per heavy atom. The van der Waals surface area contributed by atoms with Gasteiger partial charge in [-0.25, -0.2) is 4.98 Å². The van der Waals surface area contributed by atoms with Crippen molar-refractivity contribution in [2.45, 2.75) is 74.7 Å². The first-order chi connectivity index (χ1) is 13.2. The number of benzene rings is 1. The topological polar surface area (TPSA) is 52.0 Å². The van der Waals surface area contributed by atoms with Crippen molar-refractivity contribution >= 4 is 28.4 Å². The molecule has 0 saturated heterocycles. The number of allylic oxidation sites excluding steroid dienone is 2. The van der Waals surface area contributed by atoms with Crippen molar-refractivity contribution in [3.8, 4) is 0 Å². The molecule has 142 valence electrons. The molecule has 4 nitrogen and oxygen atoms in total. The van der Waals surface area contributed by atoms with Crippen LogP contribution in [0.1, 0.15) is 57.8 Å². The molecule has 2 aromatic rings. The minimum Gasteiger partial charge on any atom is -0.298 e. The molecule has 2 aliphatic rings. The van der Waals surface area contributed by atoms with E-state index in [4.69, 9.17) is 4.98 Å². The molecule has 0 bridgehead atoms. The molecular weight excluding hydrogens is 356 g/mol. The van der Waals surface area contributed by atoms with E-state index in [9.17, 15) is 9.59 Å². The summed E-state index contributed by atoms with van der Waals surface area (Å²) >= 11 is 1.50. The highest BCUT2D eigenvalue weighted by Crippen LogP contribution is 2.31. The molecule has 4 rings (SSSR count). The van der Waals surface area contributed by atoms with Crippen LogP contribution in [0, 0.1) is 0 Å². The van der Waals surface area contributed by atoms with Crippen molar-refractivity contribution in [3.63, 3.8) is 0 Å². The molecule has 1 aromatic heterocycles. The molecule has 0 N–H and O–H groups in total. The Bertz CT molecular complexity index is 932. The zero-order valence-corrected chi connectivity index (χ0v) is 16.5. The van der Waals surface area contributed by atoms with Crippen LogP contribution in [0.5, 0.6) is 0 Å². The monoisotopic (exact) mass is 382 g/mol. The van der Waals surface area contributed by atoms with Crippen molar-refractivity contribution in [1.82, 2.24) is 9.55 Å². The largest absolute Gasteiger partial charge is 0.298 e. The summed E-state index contributed by atoms with van der Waals surface area (Å²) in [6, 6.07) is 7.53. The number of rotatable bonds is 5. The Balaban J connectivity index is 1.67. The minimum atomic E-state index is -0.0630. The molecule has 27 heavy (non-hydrogen) atoms. The lowest BCUT2D eigenvalue weighted by molar-refractivity contribution is -0.119. The maximum atomic E-state index is 13.2. The second kappa shape index (κ2) is 8.42. The summed E-state index contributed by atoms with van der Waals surface area (Å²) in [5.41, 5.74) is 2.19. The van der Waals surface area contributed by atoms with Crippen molar-refractivity contribution in [2.24, 2.45) is 0 Å². The number of carbonyl (C=O) groups is 1.